The number of imidazole rings is 1. The Hall–Kier alpha value is -2.96. The van der Waals surface area contributed by atoms with Gasteiger partial charge in [0, 0.05) is 18.0 Å². The van der Waals surface area contributed by atoms with E-state index in [0.717, 1.165) is 60.1 Å². The maximum atomic E-state index is 13.8. The Labute approximate surface area is 176 Å². The number of fused-ring (bicyclic) bond motifs is 2. The molecule has 2 aromatic heterocycles. The Bertz CT molecular complexity index is 1240. The Morgan fingerprint density at radius 2 is 1.74 bits per heavy atom. The van der Waals surface area contributed by atoms with Gasteiger partial charge in [-0.15, -0.1) is 0 Å². The maximum Gasteiger partial charge on any atom is 0.416 e. The number of aromatic nitrogens is 3. The van der Waals surface area contributed by atoms with Gasteiger partial charge < -0.3 is 4.98 Å². The van der Waals surface area contributed by atoms with E-state index in [9.17, 15) is 17.6 Å². The summed E-state index contributed by atoms with van der Waals surface area (Å²) in [6.45, 7) is 0. The first-order valence-electron chi connectivity index (χ1n) is 10.5. The van der Waals surface area contributed by atoms with E-state index in [0.29, 0.717) is 29.3 Å². The number of pyridine rings is 1. The summed E-state index contributed by atoms with van der Waals surface area (Å²) in [5.41, 5.74) is 2.25. The molecule has 7 heteroatoms. The highest BCUT2D eigenvalue weighted by atomic mass is 19.4. The second-order valence-corrected chi connectivity index (χ2v) is 8.40. The first kappa shape index (κ1) is 20.0. The molecule has 2 heterocycles. The van der Waals surface area contributed by atoms with Crippen molar-refractivity contribution >= 4 is 21.9 Å². The average Bonchev–Trinajstić information content (AvgIpc) is 3.15. The predicted molar refractivity (Wildman–Crippen MR) is 111 cm³/mol. The summed E-state index contributed by atoms with van der Waals surface area (Å²) in [4.78, 5) is 11.9. The highest BCUT2D eigenvalue weighted by molar-refractivity contribution is 5.82. The first-order valence-corrected chi connectivity index (χ1v) is 10.5. The standard InChI is InChI=1S/C24H21F4N3/c25-17-6-8-20-19(13-17)18(9-10-29-20)15-3-1-14(2-4-15)11-23-30-21-7-5-16(24(26,27)28)12-22(21)31-23/h5-10,12-15H,1-4,11H2,(H,30,31)/t14-,15-. The number of rotatable bonds is 3. The number of halogens is 4. The van der Waals surface area contributed by atoms with E-state index in [-0.39, 0.29) is 5.82 Å². The molecule has 3 nitrogen and oxygen atoms in total. The molecule has 0 atom stereocenters. The molecule has 1 aliphatic carbocycles. The smallest absolute Gasteiger partial charge is 0.342 e. The minimum absolute atomic E-state index is 0.256. The molecule has 0 aliphatic heterocycles. The summed E-state index contributed by atoms with van der Waals surface area (Å²) in [6.07, 6.45) is 2.09. The molecule has 0 spiro atoms. The lowest BCUT2D eigenvalue weighted by atomic mass is 9.77. The van der Waals surface area contributed by atoms with Crippen molar-refractivity contribution in [1.82, 2.24) is 15.0 Å². The van der Waals surface area contributed by atoms with Crippen LogP contribution in [0.25, 0.3) is 21.9 Å². The van der Waals surface area contributed by atoms with E-state index in [1.54, 1.807) is 18.3 Å². The molecule has 2 aromatic carbocycles. The third kappa shape index (κ3) is 4.01. The van der Waals surface area contributed by atoms with Gasteiger partial charge in [0.15, 0.2) is 0 Å². The molecule has 4 aromatic rings. The van der Waals surface area contributed by atoms with Crippen molar-refractivity contribution in [1.29, 1.82) is 0 Å². The van der Waals surface area contributed by atoms with Gasteiger partial charge in [-0.05, 0) is 85.5 Å². The molecule has 160 valence electrons. The number of nitrogens with zero attached hydrogens (tertiary/aromatic N) is 2. The molecule has 0 unspecified atom stereocenters. The van der Waals surface area contributed by atoms with Crippen molar-refractivity contribution in [2.45, 2.75) is 44.2 Å². The molecule has 1 N–H and O–H groups in total. The molecule has 1 aliphatic rings. The number of H-pyrrole nitrogens is 1. The van der Waals surface area contributed by atoms with Crippen LogP contribution in [0.2, 0.25) is 0 Å². The van der Waals surface area contributed by atoms with Crippen LogP contribution in [0.5, 0.6) is 0 Å². The molecule has 31 heavy (non-hydrogen) atoms. The van der Waals surface area contributed by atoms with Crippen molar-refractivity contribution in [3.63, 3.8) is 0 Å². The highest BCUT2D eigenvalue weighted by Crippen LogP contribution is 2.39. The van der Waals surface area contributed by atoms with Gasteiger partial charge >= 0.3 is 6.18 Å². The maximum absolute atomic E-state index is 13.8. The van der Waals surface area contributed by atoms with E-state index in [2.05, 4.69) is 15.0 Å². The fourth-order valence-corrected chi connectivity index (χ4v) is 4.78. The molecule has 0 radical (unpaired) electrons. The van der Waals surface area contributed by atoms with Crippen LogP contribution in [-0.2, 0) is 12.6 Å². The molecule has 0 amide bonds. The fraction of sp³-hybridized carbons (Fsp3) is 0.333. The molecule has 5 rings (SSSR count). The normalized spacial score (nSPS) is 19.9. The Morgan fingerprint density at radius 3 is 2.52 bits per heavy atom. The quantitative estimate of drug-likeness (QED) is 0.366. The fourth-order valence-electron chi connectivity index (χ4n) is 4.78. The SMILES string of the molecule is Fc1ccc2nccc([C@H]3CC[C@H](Cc4nc5cc(C(F)(F)F)ccc5[nH]4)CC3)c2c1. The largest absolute Gasteiger partial charge is 0.416 e. The van der Waals surface area contributed by atoms with Crippen LogP contribution in [0.1, 0.15) is 48.6 Å². The van der Waals surface area contributed by atoms with Crippen molar-refractivity contribution in [2.24, 2.45) is 5.92 Å². The lowest BCUT2D eigenvalue weighted by molar-refractivity contribution is -0.137. The lowest BCUT2D eigenvalue weighted by Gasteiger charge is -2.29. The van der Waals surface area contributed by atoms with Crippen LogP contribution in [0.3, 0.4) is 0 Å². The predicted octanol–water partition coefficient (Wildman–Crippen LogP) is 6.79. The number of nitrogens with one attached hydrogen (secondary N) is 1. The summed E-state index contributed by atoms with van der Waals surface area (Å²) in [5, 5.41) is 0.878. The van der Waals surface area contributed by atoms with Crippen LogP contribution in [0.15, 0.2) is 48.7 Å². The van der Waals surface area contributed by atoms with Gasteiger partial charge in [0.25, 0.3) is 0 Å². The molecule has 1 saturated carbocycles. The zero-order valence-electron chi connectivity index (χ0n) is 16.7. The number of benzene rings is 2. The first-order chi connectivity index (χ1) is 14.9. The van der Waals surface area contributed by atoms with Crippen LogP contribution in [-0.4, -0.2) is 15.0 Å². The van der Waals surface area contributed by atoms with E-state index in [1.165, 1.54) is 12.1 Å². The van der Waals surface area contributed by atoms with Gasteiger partial charge in [-0.1, -0.05) is 0 Å². The summed E-state index contributed by atoms with van der Waals surface area (Å²) in [7, 11) is 0. The summed E-state index contributed by atoms with van der Waals surface area (Å²) in [6, 6.07) is 10.3. The molecule has 1 fully saturated rings. The zero-order valence-corrected chi connectivity index (χ0v) is 16.7. The monoisotopic (exact) mass is 427 g/mol. The Kier molecular flexibility index (Phi) is 4.91. The zero-order chi connectivity index (χ0) is 21.6. The summed E-state index contributed by atoms with van der Waals surface area (Å²) in [5.74, 6) is 1.25. The molecular formula is C24H21F4N3. The van der Waals surface area contributed by atoms with Crippen LogP contribution in [0, 0.1) is 11.7 Å². The third-order valence-corrected chi connectivity index (χ3v) is 6.37. The minimum Gasteiger partial charge on any atom is -0.342 e. The molecule has 0 bridgehead atoms. The Morgan fingerprint density at radius 1 is 0.935 bits per heavy atom. The van der Waals surface area contributed by atoms with E-state index in [4.69, 9.17) is 0 Å². The van der Waals surface area contributed by atoms with Crippen molar-refractivity contribution in [2.75, 3.05) is 0 Å². The van der Waals surface area contributed by atoms with Gasteiger partial charge in [0.2, 0.25) is 0 Å². The molecular weight excluding hydrogens is 406 g/mol. The third-order valence-electron chi connectivity index (χ3n) is 6.37. The Balaban J connectivity index is 1.29. The van der Waals surface area contributed by atoms with Gasteiger partial charge in [-0.3, -0.25) is 4.98 Å². The average molecular weight is 427 g/mol. The van der Waals surface area contributed by atoms with Gasteiger partial charge in [0.1, 0.15) is 11.6 Å². The topological polar surface area (TPSA) is 41.6 Å². The van der Waals surface area contributed by atoms with Gasteiger partial charge in [-0.2, -0.15) is 13.2 Å². The van der Waals surface area contributed by atoms with E-state index < -0.39 is 11.7 Å². The van der Waals surface area contributed by atoms with E-state index >= 15 is 0 Å². The van der Waals surface area contributed by atoms with Gasteiger partial charge in [-0.25, -0.2) is 9.37 Å². The second kappa shape index (κ2) is 7.62. The van der Waals surface area contributed by atoms with E-state index in [1.807, 2.05) is 6.07 Å². The number of aromatic amines is 1. The summed E-state index contributed by atoms with van der Waals surface area (Å²) < 4.78 is 52.6. The number of hydrogen-bond acceptors (Lipinski definition) is 2. The lowest BCUT2D eigenvalue weighted by Crippen LogP contribution is -2.16. The summed E-state index contributed by atoms with van der Waals surface area (Å²) >= 11 is 0. The van der Waals surface area contributed by atoms with Crippen molar-refractivity contribution < 1.29 is 17.6 Å². The second-order valence-electron chi connectivity index (χ2n) is 8.40. The van der Waals surface area contributed by atoms with Crippen molar-refractivity contribution in [3.05, 3.63) is 71.4 Å². The minimum atomic E-state index is -4.37. The van der Waals surface area contributed by atoms with Crippen LogP contribution >= 0.6 is 0 Å². The molecule has 0 saturated heterocycles. The number of hydrogen-bond donors (Lipinski definition) is 1. The van der Waals surface area contributed by atoms with Crippen molar-refractivity contribution in [3.8, 4) is 0 Å². The highest BCUT2D eigenvalue weighted by Gasteiger charge is 2.31. The van der Waals surface area contributed by atoms with Gasteiger partial charge in [0.05, 0.1) is 22.1 Å². The van der Waals surface area contributed by atoms with Crippen LogP contribution in [0.4, 0.5) is 17.6 Å². The van der Waals surface area contributed by atoms with Crippen LogP contribution < -0.4 is 0 Å². The number of alkyl halides is 3.